The average Bonchev–Trinajstić information content (AvgIpc) is 3.22. The van der Waals surface area contributed by atoms with E-state index in [2.05, 4.69) is 64.2 Å². The molecular weight excluding hydrogens is 242 g/mol. The molecule has 1 saturated carbocycles. The van der Waals surface area contributed by atoms with E-state index in [9.17, 15) is 0 Å². The Bertz CT molecular complexity index is 408. The predicted octanol–water partition coefficient (Wildman–Crippen LogP) is 4.87. The molecule has 0 radical (unpaired) electrons. The second kappa shape index (κ2) is 6.30. The van der Waals surface area contributed by atoms with Gasteiger partial charge in [0.15, 0.2) is 0 Å². The molecule has 0 heterocycles. The topological polar surface area (TPSA) is 12.0 Å². The molecule has 0 aromatic heterocycles. The van der Waals surface area contributed by atoms with E-state index in [0.717, 1.165) is 18.5 Å². The van der Waals surface area contributed by atoms with E-state index < -0.39 is 0 Å². The quantitative estimate of drug-likeness (QED) is 0.780. The van der Waals surface area contributed by atoms with Crippen LogP contribution in [0, 0.1) is 5.92 Å². The van der Waals surface area contributed by atoms with Gasteiger partial charge in [-0.25, -0.2) is 0 Å². The third-order valence-electron chi connectivity index (χ3n) is 4.74. The van der Waals surface area contributed by atoms with Crippen LogP contribution < -0.4 is 5.32 Å². The number of hydrogen-bond donors (Lipinski definition) is 1. The fourth-order valence-corrected chi connectivity index (χ4v) is 2.74. The largest absolute Gasteiger partial charge is 0.313 e. The molecule has 20 heavy (non-hydrogen) atoms. The molecule has 2 unspecified atom stereocenters. The van der Waals surface area contributed by atoms with Gasteiger partial charge in [-0.05, 0) is 41.2 Å². The standard InChI is InChI=1S/C19H31N/c1-6-14(2)18(13-20-17-11-12-17)15-7-9-16(10-8-15)19(3,4)5/h7-10,14,17-18,20H,6,11-13H2,1-5H3. The van der Waals surface area contributed by atoms with Crippen LogP contribution >= 0.6 is 0 Å². The second-order valence-corrected chi connectivity index (χ2v) is 7.55. The SMILES string of the molecule is CCC(C)C(CNC1CC1)c1ccc(C(C)(C)C)cc1. The van der Waals surface area contributed by atoms with E-state index in [1.807, 2.05) is 0 Å². The Balaban J connectivity index is 2.10. The third kappa shape index (κ3) is 4.09. The first kappa shape index (κ1) is 15.6. The lowest BCUT2D eigenvalue weighted by molar-refractivity contribution is 0.419. The van der Waals surface area contributed by atoms with E-state index in [0.29, 0.717) is 5.92 Å². The summed E-state index contributed by atoms with van der Waals surface area (Å²) in [5, 5.41) is 3.72. The zero-order chi connectivity index (χ0) is 14.8. The van der Waals surface area contributed by atoms with Gasteiger partial charge in [0, 0.05) is 12.6 Å². The molecule has 1 N–H and O–H groups in total. The third-order valence-corrected chi connectivity index (χ3v) is 4.74. The monoisotopic (exact) mass is 273 g/mol. The van der Waals surface area contributed by atoms with E-state index in [4.69, 9.17) is 0 Å². The van der Waals surface area contributed by atoms with Crippen LogP contribution in [0.15, 0.2) is 24.3 Å². The molecular formula is C19H31N. The van der Waals surface area contributed by atoms with Gasteiger partial charge in [-0.2, -0.15) is 0 Å². The van der Waals surface area contributed by atoms with Crippen molar-refractivity contribution in [2.24, 2.45) is 5.92 Å². The molecule has 0 spiro atoms. The summed E-state index contributed by atoms with van der Waals surface area (Å²) in [6.45, 7) is 12.7. The summed E-state index contributed by atoms with van der Waals surface area (Å²) in [5.74, 6) is 1.39. The van der Waals surface area contributed by atoms with Gasteiger partial charge < -0.3 is 5.32 Å². The van der Waals surface area contributed by atoms with Crippen LogP contribution in [0.3, 0.4) is 0 Å². The van der Waals surface area contributed by atoms with Crippen molar-refractivity contribution in [2.45, 2.75) is 71.3 Å². The lowest BCUT2D eigenvalue weighted by Gasteiger charge is -2.26. The van der Waals surface area contributed by atoms with Gasteiger partial charge in [0.25, 0.3) is 0 Å². The van der Waals surface area contributed by atoms with E-state index in [1.54, 1.807) is 0 Å². The van der Waals surface area contributed by atoms with Crippen molar-refractivity contribution in [1.82, 2.24) is 5.32 Å². The van der Waals surface area contributed by atoms with E-state index in [1.165, 1.54) is 30.4 Å². The molecule has 112 valence electrons. The lowest BCUT2D eigenvalue weighted by Crippen LogP contribution is -2.27. The fourth-order valence-electron chi connectivity index (χ4n) is 2.74. The molecule has 0 aliphatic heterocycles. The molecule has 2 atom stereocenters. The second-order valence-electron chi connectivity index (χ2n) is 7.55. The summed E-state index contributed by atoms with van der Waals surface area (Å²) in [5.41, 5.74) is 3.18. The minimum Gasteiger partial charge on any atom is -0.313 e. The Labute approximate surface area is 125 Å². The summed E-state index contributed by atoms with van der Waals surface area (Å²) < 4.78 is 0. The van der Waals surface area contributed by atoms with E-state index >= 15 is 0 Å². The molecule has 1 aromatic rings. The summed E-state index contributed by atoms with van der Waals surface area (Å²) in [4.78, 5) is 0. The first-order chi connectivity index (χ1) is 9.41. The van der Waals surface area contributed by atoms with Gasteiger partial charge in [-0.15, -0.1) is 0 Å². The van der Waals surface area contributed by atoms with Gasteiger partial charge in [0.2, 0.25) is 0 Å². The minimum atomic E-state index is 0.247. The van der Waals surface area contributed by atoms with Gasteiger partial charge >= 0.3 is 0 Å². The molecule has 1 nitrogen and oxygen atoms in total. The highest BCUT2D eigenvalue weighted by Crippen LogP contribution is 2.30. The van der Waals surface area contributed by atoms with Crippen LogP contribution in [0.5, 0.6) is 0 Å². The Morgan fingerprint density at radius 3 is 2.20 bits per heavy atom. The Morgan fingerprint density at radius 1 is 1.15 bits per heavy atom. The van der Waals surface area contributed by atoms with Crippen molar-refractivity contribution in [3.8, 4) is 0 Å². The van der Waals surface area contributed by atoms with E-state index in [-0.39, 0.29) is 5.41 Å². The molecule has 1 aliphatic rings. The van der Waals surface area contributed by atoms with Crippen LogP contribution in [-0.4, -0.2) is 12.6 Å². The maximum absolute atomic E-state index is 3.72. The molecule has 1 heteroatoms. The average molecular weight is 273 g/mol. The predicted molar refractivity (Wildman–Crippen MR) is 88.4 cm³/mol. The number of benzene rings is 1. The maximum atomic E-state index is 3.72. The summed E-state index contributed by atoms with van der Waals surface area (Å²) in [6.07, 6.45) is 3.99. The zero-order valence-electron chi connectivity index (χ0n) is 13.9. The molecule has 1 aromatic carbocycles. The summed E-state index contributed by atoms with van der Waals surface area (Å²) >= 11 is 0. The van der Waals surface area contributed by atoms with Crippen LogP contribution in [-0.2, 0) is 5.41 Å². The highest BCUT2D eigenvalue weighted by molar-refractivity contribution is 5.30. The van der Waals surface area contributed by atoms with Crippen molar-refractivity contribution >= 4 is 0 Å². The van der Waals surface area contributed by atoms with Crippen molar-refractivity contribution in [1.29, 1.82) is 0 Å². The number of nitrogens with one attached hydrogen (secondary N) is 1. The lowest BCUT2D eigenvalue weighted by atomic mass is 9.82. The molecule has 1 fully saturated rings. The Hall–Kier alpha value is -0.820. The highest BCUT2D eigenvalue weighted by Gasteiger charge is 2.25. The van der Waals surface area contributed by atoms with Crippen LogP contribution in [0.1, 0.15) is 70.9 Å². The molecule has 0 bridgehead atoms. The Morgan fingerprint density at radius 2 is 1.75 bits per heavy atom. The van der Waals surface area contributed by atoms with Gasteiger partial charge in [0.1, 0.15) is 0 Å². The minimum absolute atomic E-state index is 0.247. The maximum Gasteiger partial charge on any atom is 0.00684 e. The first-order valence-electron chi connectivity index (χ1n) is 8.25. The highest BCUT2D eigenvalue weighted by atomic mass is 14.9. The molecule has 0 amide bonds. The molecule has 0 saturated heterocycles. The smallest absolute Gasteiger partial charge is 0.00684 e. The van der Waals surface area contributed by atoms with Crippen LogP contribution in [0.2, 0.25) is 0 Å². The summed E-state index contributed by atoms with van der Waals surface area (Å²) in [6, 6.07) is 10.2. The van der Waals surface area contributed by atoms with Gasteiger partial charge in [0.05, 0.1) is 0 Å². The Kier molecular flexibility index (Phi) is 4.90. The number of hydrogen-bond acceptors (Lipinski definition) is 1. The zero-order valence-corrected chi connectivity index (χ0v) is 13.9. The van der Waals surface area contributed by atoms with Crippen molar-refractivity contribution < 1.29 is 0 Å². The molecule has 1 aliphatic carbocycles. The number of rotatable bonds is 6. The van der Waals surface area contributed by atoms with Crippen LogP contribution in [0.4, 0.5) is 0 Å². The van der Waals surface area contributed by atoms with Gasteiger partial charge in [-0.1, -0.05) is 65.3 Å². The van der Waals surface area contributed by atoms with Crippen LogP contribution in [0.25, 0.3) is 0 Å². The van der Waals surface area contributed by atoms with Crippen molar-refractivity contribution in [3.05, 3.63) is 35.4 Å². The van der Waals surface area contributed by atoms with Crippen molar-refractivity contribution in [2.75, 3.05) is 6.54 Å². The normalized spacial score (nSPS) is 18.9. The fraction of sp³-hybridized carbons (Fsp3) is 0.684. The summed E-state index contributed by atoms with van der Waals surface area (Å²) in [7, 11) is 0. The molecule has 2 rings (SSSR count). The van der Waals surface area contributed by atoms with Crippen molar-refractivity contribution in [3.63, 3.8) is 0 Å². The first-order valence-corrected chi connectivity index (χ1v) is 8.25. The van der Waals surface area contributed by atoms with Gasteiger partial charge in [-0.3, -0.25) is 0 Å².